The van der Waals surface area contributed by atoms with Crippen molar-refractivity contribution in [1.82, 2.24) is 0 Å². The van der Waals surface area contributed by atoms with Crippen LogP contribution in [0.3, 0.4) is 0 Å². The molecule has 3 rings (SSSR count). The molecule has 0 bridgehead atoms. The molecule has 2 aromatic rings. The Morgan fingerprint density at radius 3 is 2.81 bits per heavy atom. The number of aryl methyl sites for hydroxylation is 1. The van der Waals surface area contributed by atoms with Crippen molar-refractivity contribution in [2.75, 3.05) is 11.1 Å². The molecule has 0 amide bonds. The van der Waals surface area contributed by atoms with Crippen LogP contribution in [-0.2, 0) is 19.3 Å². The van der Waals surface area contributed by atoms with Crippen LogP contribution in [0.2, 0.25) is 0 Å². The first-order valence-corrected chi connectivity index (χ1v) is 7.35. The largest absolute Gasteiger partial charge is 0.398 e. The van der Waals surface area contributed by atoms with E-state index in [1.54, 1.807) is 0 Å². The van der Waals surface area contributed by atoms with E-state index < -0.39 is 0 Å². The van der Waals surface area contributed by atoms with E-state index in [4.69, 9.17) is 11.0 Å². The van der Waals surface area contributed by atoms with Gasteiger partial charge in [-0.2, -0.15) is 5.26 Å². The number of nitrogens with two attached hydrogens (primary N) is 1. The Kier molecular flexibility index (Phi) is 3.79. The monoisotopic (exact) mass is 277 g/mol. The van der Waals surface area contributed by atoms with Gasteiger partial charge in [-0.3, -0.25) is 0 Å². The number of anilines is 2. The molecule has 106 valence electrons. The third-order valence-corrected chi connectivity index (χ3v) is 4.13. The topological polar surface area (TPSA) is 61.8 Å². The van der Waals surface area contributed by atoms with Crippen molar-refractivity contribution >= 4 is 11.4 Å². The predicted molar refractivity (Wildman–Crippen MR) is 86.0 cm³/mol. The van der Waals surface area contributed by atoms with Crippen LogP contribution in [0.4, 0.5) is 11.4 Å². The maximum atomic E-state index is 8.84. The second kappa shape index (κ2) is 5.88. The highest BCUT2D eigenvalue weighted by Crippen LogP contribution is 2.25. The summed E-state index contributed by atoms with van der Waals surface area (Å²) >= 11 is 0. The molecule has 0 saturated carbocycles. The summed E-state index contributed by atoms with van der Waals surface area (Å²) in [5, 5.41) is 12.4. The highest BCUT2D eigenvalue weighted by Gasteiger charge is 2.18. The molecular weight excluding hydrogens is 258 g/mol. The summed E-state index contributed by atoms with van der Waals surface area (Å²) < 4.78 is 0. The fourth-order valence-corrected chi connectivity index (χ4v) is 2.99. The molecule has 0 heterocycles. The van der Waals surface area contributed by atoms with Gasteiger partial charge < -0.3 is 11.1 Å². The van der Waals surface area contributed by atoms with Gasteiger partial charge in [0.15, 0.2) is 0 Å². The first-order valence-electron chi connectivity index (χ1n) is 7.35. The second-order valence-corrected chi connectivity index (χ2v) is 5.60. The molecule has 1 atom stereocenters. The normalized spacial score (nSPS) is 16.8. The SMILES string of the molecule is N#CCc1cc(NC2CCc3ccccc3C2)ccc1N. The Labute approximate surface area is 125 Å². The number of rotatable bonds is 3. The van der Waals surface area contributed by atoms with E-state index in [0.29, 0.717) is 18.2 Å². The number of fused-ring (bicyclic) bond motifs is 1. The van der Waals surface area contributed by atoms with Crippen LogP contribution in [-0.4, -0.2) is 6.04 Å². The molecule has 3 N–H and O–H groups in total. The molecule has 1 aliphatic rings. The quantitative estimate of drug-likeness (QED) is 0.846. The summed E-state index contributed by atoms with van der Waals surface area (Å²) in [5.74, 6) is 0. The minimum absolute atomic E-state index is 0.356. The van der Waals surface area contributed by atoms with E-state index in [-0.39, 0.29) is 0 Å². The molecule has 0 saturated heterocycles. The van der Waals surface area contributed by atoms with E-state index in [9.17, 15) is 0 Å². The third kappa shape index (κ3) is 3.00. The molecule has 0 spiro atoms. The average molecular weight is 277 g/mol. The van der Waals surface area contributed by atoms with Crippen molar-refractivity contribution in [3.05, 3.63) is 59.2 Å². The van der Waals surface area contributed by atoms with E-state index >= 15 is 0 Å². The van der Waals surface area contributed by atoms with Gasteiger partial charge in [0, 0.05) is 17.4 Å². The van der Waals surface area contributed by atoms with Gasteiger partial charge in [0.05, 0.1) is 12.5 Å². The van der Waals surface area contributed by atoms with Gasteiger partial charge in [-0.05, 0) is 54.2 Å². The van der Waals surface area contributed by atoms with Crippen LogP contribution >= 0.6 is 0 Å². The van der Waals surface area contributed by atoms with Crippen LogP contribution in [0, 0.1) is 11.3 Å². The molecule has 3 heteroatoms. The van der Waals surface area contributed by atoms with Crippen LogP contribution in [0.1, 0.15) is 23.1 Å². The first-order chi connectivity index (χ1) is 10.3. The van der Waals surface area contributed by atoms with Crippen molar-refractivity contribution in [3.63, 3.8) is 0 Å². The standard InChI is InChI=1S/C18H19N3/c19-10-9-15-12-17(7-8-18(15)20)21-16-6-5-13-3-1-2-4-14(13)11-16/h1-4,7-8,12,16,21H,5-6,9,11,20H2. The lowest BCUT2D eigenvalue weighted by Gasteiger charge is -2.26. The van der Waals surface area contributed by atoms with Gasteiger partial charge in [0.2, 0.25) is 0 Å². The van der Waals surface area contributed by atoms with Crippen LogP contribution in [0.5, 0.6) is 0 Å². The van der Waals surface area contributed by atoms with E-state index in [1.807, 2.05) is 18.2 Å². The van der Waals surface area contributed by atoms with Gasteiger partial charge in [0.25, 0.3) is 0 Å². The first kappa shape index (κ1) is 13.5. The Morgan fingerprint density at radius 1 is 1.19 bits per heavy atom. The van der Waals surface area contributed by atoms with Crippen molar-refractivity contribution in [2.24, 2.45) is 0 Å². The molecule has 0 aliphatic heterocycles. The molecule has 2 aromatic carbocycles. The number of hydrogen-bond acceptors (Lipinski definition) is 3. The maximum absolute atomic E-state index is 8.84. The van der Waals surface area contributed by atoms with Gasteiger partial charge in [-0.15, -0.1) is 0 Å². The summed E-state index contributed by atoms with van der Waals surface area (Å²) in [5.41, 5.74) is 11.4. The minimum Gasteiger partial charge on any atom is -0.398 e. The molecule has 0 radical (unpaired) electrons. The summed E-state index contributed by atoms with van der Waals surface area (Å²) in [7, 11) is 0. The Balaban J connectivity index is 1.73. The molecule has 21 heavy (non-hydrogen) atoms. The highest BCUT2D eigenvalue weighted by molar-refractivity contribution is 5.58. The van der Waals surface area contributed by atoms with E-state index in [2.05, 4.69) is 35.7 Å². The lowest BCUT2D eigenvalue weighted by molar-refractivity contribution is 0.611. The van der Waals surface area contributed by atoms with Crippen molar-refractivity contribution < 1.29 is 0 Å². The maximum Gasteiger partial charge on any atom is 0.0670 e. The molecular formula is C18H19N3. The van der Waals surface area contributed by atoms with Crippen molar-refractivity contribution in [2.45, 2.75) is 31.7 Å². The summed E-state index contributed by atoms with van der Waals surface area (Å²) in [4.78, 5) is 0. The van der Waals surface area contributed by atoms with E-state index in [1.165, 1.54) is 11.1 Å². The van der Waals surface area contributed by atoms with Crippen LogP contribution in [0.15, 0.2) is 42.5 Å². The lowest BCUT2D eigenvalue weighted by Crippen LogP contribution is -2.27. The second-order valence-electron chi connectivity index (χ2n) is 5.60. The summed E-state index contributed by atoms with van der Waals surface area (Å²) in [6.45, 7) is 0. The van der Waals surface area contributed by atoms with Gasteiger partial charge in [-0.25, -0.2) is 0 Å². The molecule has 0 fully saturated rings. The fraction of sp³-hybridized carbons (Fsp3) is 0.278. The number of benzene rings is 2. The summed E-state index contributed by atoms with van der Waals surface area (Å²) in [6.07, 6.45) is 3.66. The smallest absolute Gasteiger partial charge is 0.0670 e. The molecule has 3 nitrogen and oxygen atoms in total. The van der Waals surface area contributed by atoms with Gasteiger partial charge >= 0.3 is 0 Å². The Morgan fingerprint density at radius 2 is 2.00 bits per heavy atom. The number of nitrogens with zero attached hydrogens (tertiary/aromatic N) is 1. The fourth-order valence-electron chi connectivity index (χ4n) is 2.99. The number of nitriles is 1. The number of nitrogens with one attached hydrogen (secondary N) is 1. The molecule has 1 aliphatic carbocycles. The average Bonchev–Trinajstić information content (AvgIpc) is 2.51. The van der Waals surface area contributed by atoms with Gasteiger partial charge in [-0.1, -0.05) is 24.3 Å². The zero-order chi connectivity index (χ0) is 14.7. The van der Waals surface area contributed by atoms with Crippen LogP contribution in [0.25, 0.3) is 0 Å². The zero-order valence-corrected chi connectivity index (χ0v) is 12.0. The third-order valence-electron chi connectivity index (χ3n) is 4.13. The number of nitrogen functional groups attached to an aromatic ring is 1. The Hall–Kier alpha value is -2.47. The summed E-state index contributed by atoms with van der Waals surface area (Å²) in [6, 6.07) is 17.1. The predicted octanol–water partition coefficient (Wildman–Crippen LogP) is 3.30. The minimum atomic E-state index is 0.356. The molecule has 1 unspecified atom stereocenters. The Bertz CT molecular complexity index is 685. The molecule has 0 aromatic heterocycles. The zero-order valence-electron chi connectivity index (χ0n) is 12.0. The van der Waals surface area contributed by atoms with Gasteiger partial charge in [0.1, 0.15) is 0 Å². The highest BCUT2D eigenvalue weighted by atomic mass is 14.9. The van der Waals surface area contributed by atoms with Crippen molar-refractivity contribution in [3.8, 4) is 6.07 Å². The number of hydrogen-bond donors (Lipinski definition) is 2. The van der Waals surface area contributed by atoms with Crippen molar-refractivity contribution in [1.29, 1.82) is 5.26 Å². The van der Waals surface area contributed by atoms with E-state index in [0.717, 1.165) is 30.5 Å². The van der Waals surface area contributed by atoms with Crippen LogP contribution < -0.4 is 11.1 Å². The lowest BCUT2D eigenvalue weighted by atomic mass is 9.88.